The van der Waals surface area contributed by atoms with Gasteiger partial charge in [0.1, 0.15) is 0 Å². The second kappa shape index (κ2) is 5.21. The Morgan fingerprint density at radius 3 is 2.70 bits per heavy atom. The van der Waals surface area contributed by atoms with Gasteiger partial charge in [0, 0.05) is 6.54 Å². The molecule has 0 unspecified atom stereocenters. The number of nitrogens with zero attached hydrogens (tertiary/aromatic N) is 2. The Balaban J connectivity index is 3.38. The largest absolute Gasteiger partial charge is 0.392 e. The van der Waals surface area contributed by atoms with Crippen LogP contribution in [0.5, 0.6) is 0 Å². The monoisotopic (exact) mass is 142 g/mol. The van der Waals surface area contributed by atoms with Crippen molar-refractivity contribution >= 4 is 0 Å². The second-order valence-corrected chi connectivity index (χ2v) is 2.42. The van der Waals surface area contributed by atoms with Gasteiger partial charge in [-0.1, -0.05) is 6.92 Å². The molecular weight excluding hydrogens is 128 g/mol. The van der Waals surface area contributed by atoms with Crippen molar-refractivity contribution in [3.8, 4) is 6.07 Å². The smallest absolute Gasteiger partial charge is 0.0864 e. The third kappa shape index (κ3) is 4.30. The average Bonchev–Trinajstić information content (AvgIpc) is 1.88. The third-order valence-electron chi connectivity index (χ3n) is 1.33. The first kappa shape index (κ1) is 9.41. The zero-order valence-electron chi connectivity index (χ0n) is 6.54. The van der Waals surface area contributed by atoms with Crippen LogP contribution < -0.4 is 0 Å². The van der Waals surface area contributed by atoms with E-state index in [-0.39, 0.29) is 6.10 Å². The Labute approximate surface area is 61.9 Å². The minimum absolute atomic E-state index is 0.293. The van der Waals surface area contributed by atoms with Gasteiger partial charge < -0.3 is 5.11 Å². The van der Waals surface area contributed by atoms with Crippen LogP contribution in [0, 0.1) is 11.3 Å². The molecule has 1 N–H and O–H groups in total. The van der Waals surface area contributed by atoms with Crippen LogP contribution in [0.2, 0.25) is 0 Å². The SMILES string of the molecule is CC[C@H](O)CN(C)CC#N. The lowest BCUT2D eigenvalue weighted by atomic mass is 10.3. The predicted octanol–water partition coefficient (Wildman–Crippen LogP) is 0.213. The van der Waals surface area contributed by atoms with Crippen molar-refractivity contribution in [3.63, 3.8) is 0 Å². The highest BCUT2D eigenvalue weighted by atomic mass is 16.3. The Bertz CT molecular complexity index is 119. The maximum absolute atomic E-state index is 9.10. The Kier molecular flexibility index (Phi) is 4.91. The summed E-state index contributed by atoms with van der Waals surface area (Å²) in [4.78, 5) is 1.80. The van der Waals surface area contributed by atoms with E-state index in [1.54, 1.807) is 4.90 Å². The van der Waals surface area contributed by atoms with Crippen molar-refractivity contribution in [2.75, 3.05) is 20.1 Å². The maximum atomic E-state index is 9.10. The number of nitriles is 1. The molecule has 0 aromatic heterocycles. The van der Waals surface area contributed by atoms with Crippen molar-refractivity contribution in [1.29, 1.82) is 5.26 Å². The molecule has 0 aliphatic heterocycles. The first-order chi connectivity index (χ1) is 4.70. The Morgan fingerprint density at radius 1 is 1.70 bits per heavy atom. The number of aliphatic hydroxyl groups is 1. The molecule has 0 saturated heterocycles. The van der Waals surface area contributed by atoms with Crippen LogP contribution in [-0.2, 0) is 0 Å². The summed E-state index contributed by atoms with van der Waals surface area (Å²) in [6.45, 7) is 2.89. The van der Waals surface area contributed by atoms with Crippen LogP contribution in [0.1, 0.15) is 13.3 Å². The highest BCUT2D eigenvalue weighted by molar-refractivity contribution is 4.75. The van der Waals surface area contributed by atoms with Crippen LogP contribution in [0.15, 0.2) is 0 Å². The summed E-state index contributed by atoms with van der Waals surface area (Å²) in [5.41, 5.74) is 0. The molecule has 10 heavy (non-hydrogen) atoms. The summed E-state index contributed by atoms with van der Waals surface area (Å²) >= 11 is 0. The van der Waals surface area contributed by atoms with Gasteiger partial charge in [-0.15, -0.1) is 0 Å². The molecule has 0 heterocycles. The predicted molar refractivity (Wildman–Crippen MR) is 39.4 cm³/mol. The lowest BCUT2D eigenvalue weighted by Gasteiger charge is -2.15. The van der Waals surface area contributed by atoms with E-state index < -0.39 is 0 Å². The molecule has 0 aromatic carbocycles. The van der Waals surface area contributed by atoms with Crippen molar-refractivity contribution in [1.82, 2.24) is 4.90 Å². The molecule has 3 heteroatoms. The van der Waals surface area contributed by atoms with Gasteiger partial charge in [-0.2, -0.15) is 5.26 Å². The average molecular weight is 142 g/mol. The van der Waals surface area contributed by atoms with E-state index in [0.717, 1.165) is 6.42 Å². The second-order valence-electron chi connectivity index (χ2n) is 2.42. The molecule has 0 spiro atoms. The molecule has 0 radical (unpaired) electrons. The van der Waals surface area contributed by atoms with Gasteiger partial charge >= 0.3 is 0 Å². The summed E-state index contributed by atoms with van der Waals surface area (Å²) in [5, 5.41) is 17.4. The van der Waals surface area contributed by atoms with Gasteiger partial charge in [0.15, 0.2) is 0 Å². The van der Waals surface area contributed by atoms with Crippen molar-refractivity contribution in [2.24, 2.45) is 0 Å². The highest BCUT2D eigenvalue weighted by Gasteiger charge is 2.03. The molecule has 0 fully saturated rings. The normalized spacial score (nSPS) is 13.1. The fourth-order valence-corrected chi connectivity index (χ4v) is 0.674. The molecule has 0 aromatic rings. The number of aliphatic hydroxyl groups excluding tert-OH is 1. The molecule has 0 aliphatic rings. The van der Waals surface area contributed by atoms with Gasteiger partial charge in [0.05, 0.1) is 18.7 Å². The van der Waals surface area contributed by atoms with E-state index in [0.29, 0.717) is 13.1 Å². The molecule has 58 valence electrons. The standard InChI is InChI=1S/C7H14N2O/c1-3-7(10)6-9(2)5-4-8/h7,10H,3,5-6H2,1-2H3/t7-/m0/s1. The first-order valence-corrected chi connectivity index (χ1v) is 3.44. The van der Waals surface area contributed by atoms with Crippen LogP contribution in [-0.4, -0.2) is 36.2 Å². The fourth-order valence-electron chi connectivity index (χ4n) is 0.674. The zero-order chi connectivity index (χ0) is 7.98. The van der Waals surface area contributed by atoms with Crippen LogP contribution in [0.4, 0.5) is 0 Å². The molecule has 3 nitrogen and oxygen atoms in total. The van der Waals surface area contributed by atoms with Gasteiger partial charge in [-0.25, -0.2) is 0 Å². The minimum atomic E-state index is -0.293. The third-order valence-corrected chi connectivity index (χ3v) is 1.33. The summed E-state index contributed by atoms with van der Waals surface area (Å²) in [6, 6.07) is 2.01. The summed E-state index contributed by atoms with van der Waals surface area (Å²) in [6.07, 6.45) is 0.453. The Morgan fingerprint density at radius 2 is 2.30 bits per heavy atom. The quantitative estimate of drug-likeness (QED) is 0.571. The van der Waals surface area contributed by atoms with E-state index in [1.165, 1.54) is 0 Å². The molecule has 0 bridgehead atoms. The topological polar surface area (TPSA) is 47.3 Å². The van der Waals surface area contributed by atoms with Crippen molar-refractivity contribution in [3.05, 3.63) is 0 Å². The molecule has 0 amide bonds. The molecule has 0 saturated carbocycles. The zero-order valence-corrected chi connectivity index (χ0v) is 6.54. The van der Waals surface area contributed by atoms with Gasteiger partial charge in [-0.3, -0.25) is 4.90 Å². The van der Waals surface area contributed by atoms with Crippen LogP contribution in [0.3, 0.4) is 0 Å². The van der Waals surface area contributed by atoms with E-state index in [1.807, 2.05) is 20.0 Å². The molecule has 0 aliphatic carbocycles. The minimum Gasteiger partial charge on any atom is -0.392 e. The van der Waals surface area contributed by atoms with E-state index in [9.17, 15) is 0 Å². The molecule has 1 atom stereocenters. The Hall–Kier alpha value is -0.590. The lowest BCUT2D eigenvalue weighted by molar-refractivity contribution is 0.128. The highest BCUT2D eigenvalue weighted by Crippen LogP contribution is 1.92. The first-order valence-electron chi connectivity index (χ1n) is 3.44. The summed E-state index contributed by atoms with van der Waals surface area (Å²) in [5.74, 6) is 0. The van der Waals surface area contributed by atoms with Crippen molar-refractivity contribution < 1.29 is 5.11 Å². The number of hydrogen-bond acceptors (Lipinski definition) is 3. The summed E-state index contributed by atoms with van der Waals surface area (Å²) in [7, 11) is 1.82. The van der Waals surface area contributed by atoms with Gasteiger partial charge in [0.2, 0.25) is 0 Å². The van der Waals surface area contributed by atoms with E-state index >= 15 is 0 Å². The number of likely N-dealkylation sites (N-methyl/N-ethyl adjacent to an activating group) is 1. The van der Waals surface area contributed by atoms with Gasteiger partial charge in [0.25, 0.3) is 0 Å². The lowest BCUT2D eigenvalue weighted by Crippen LogP contribution is -2.28. The molecular formula is C7H14N2O. The van der Waals surface area contributed by atoms with Gasteiger partial charge in [-0.05, 0) is 13.5 Å². The van der Waals surface area contributed by atoms with Crippen LogP contribution in [0.25, 0.3) is 0 Å². The number of rotatable bonds is 4. The fraction of sp³-hybridized carbons (Fsp3) is 0.857. The van der Waals surface area contributed by atoms with Crippen molar-refractivity contribution in [2.45, 2.75) is 19.4 Å². The number of hydrogen-bond donors (Lipinski definition) is 1. The van der Waals surface area contributed by atoms with E-state index in [2.05, 4.69) is 0 Å². The summed E-state index contributed by atoms with van der Waals surface area (Å²) < 4.78 is 0. The maximum Gasteiger partial charge on any atom is 0.0864 e. The molecule has 0 rings (SSSR count). The van der Waals surface area contributed by atoms with E-state index in [4.69, 9.17) is 10.4 Å². The van der Waals surface area contributed by atoms with Crippen LogP contribution >= 0.6 is 0 Å².